The molecule has 1 unspecified atom stereocenters. The van der Waals surface area contributed by atoms with E-state index in [0.717, 1.165) is 22.0 Å². The SMILES string of the molecule is NC(Cc1ccc(Br)cc1)c1cc2cccc(Cl)c2o1. The Morgan fingerprint density at radius 3 is 2.60 bits per heavy atom. The van der Waals surface area contributed by atoms with E-state index in [-0.39, 0.29) is 6.04 Å². The van der Waals surface area contributed by atoms with Gasteiger partial charge in [0.1, 0.15) is 5.76 Å². The Morgan fingerprint density at radius 2 is 1.90 bits per heavy atom. The van der Waals surface area contributed by atoms with Crippen LogP contribution in [0.3, 0.4) is 0 Å². The van der Waals surface area contributed by atoms with Crippen LogP contribution in [-0.2, 0) is 6.42 Å². The van der Waals surface area contributed by atoms with Gasteiger partial charge in [-0.15, -0.1) is 0 Å². The molecular weight excluding hydrogens is 338 g/mol. The summed E-state index contributed by atoms with van der Waals surface area (Å²) in [4.78, 5) is 0. The molecule has 20 heavy (non-hydrogen) atoms. The smallest absolute Gasteiger partial charge is 0.152 e. The molecule has 0 amide bonds. The Hall–Kier alpha value is -1.29. The Balaban J connectivity index is 1.86. The largest absolute Gasteiger partial charge is 0.458 e. The molecule has 3 rings (SSSR count). The molecule has 0 aliphatic heterocycles. The Labute approximate surface area is 130 Å². The van der Waals surface area contributed by atoms with Gasteiger partial charge in [-0.25, -0.2) is 0 Å². The summed E-state index contributed by atoms with van der Waals surface area (Å²) in [7, 11) is 0. The second-order valence-electron chi connectivity index (χ2n) is 4.74. The van der Waals surface area contributed by atoms with E-state index in [1.807, 2.05) is 36.4 Å². The number of hydrogen-bond donors (Lipinski definition) is 1. The van der Waals surface area contributed by atoms with Crippen molar-refractivity contribution in [3.8, 4) is 0 Å². The normalized spacial score (nSPS) is 12.8. The van der Waals surface area contributed by atoms with E-state index in [1.165, 1.54) is 5.56 Å². The van der Waals surface area contributed by atoms with Crippen molar-refractivity contribution in [1.29, 1.82) is 0 Å². The summed E-state index contributed by atoms with van der Waals surface area (Å²) in [6.45, 7) is 0. The number of fused-ring (bicyclic) bond motifs is 1. The maximum Gasteiger partial charge on any atom is 0.152 e. The molecule has 3 aromatic rings. The van der Waals surface area contributed by atoms with Crippen LogP contribution in [0, 0.1) is 0 Å². The molecule has 0 spiro atoms. The number of furan rings is 1. The van der Waals surface area contributed by atoms with Crippen LogP contribution in [0.2, 0.25) is 5.02 Å². The highest BCUT2D eigenvalue weighted by Crippen LogP contribution is 2.29. The van der Waals surface area contributed by atoms with Crippen molar-refractivity contribution in [3.05, 3.63) is 69.3 Å². The van der Waals surface area contributed by atoms with E-state index >= 15 is 0 Å². The van der Waals surface area contributed by atoms with E-state index in [4.69, 9.17) is 21.8 Å². The molecule has 4 heteroatoms. The minimum absolute atomic E-state index is 0.181. The van der Waals surface area contributed by atoms with Gasteiger partial charge in [0.05, 0.1) is 11.1 Å². The lowest BCUT2D eigenvalue weighted by molar-refractivity contribution is 0.494. The van der Waals surface area contributed by atoms with Crippen molar-refractivity contribution in [2.24, 2.45) is 5.73 Å². The van der Waals surface area contributed by atoms with Gasteiger partial charge >= 0.3 is 0 Å². The summed E-state index contributed by atoms with van der Waals surface area (Å²) in [5.74, 6) is 0.760. The molecule has 0 fully saturated rings. The van der Waals surface area contributed by atoms with Crippen LogP contribution in [0.5, 0.6) is 0 Å². The quantitative estimate of drug-likeness (QED) is 0.714. The first-order valence-electron chi connectivity index (χ1n) is 6.31. The lowest BCUT2D eigenvalue weighted by Gasteiger charge is -2.08. The molecule has 0 aliphatic carbocycles. The van der Waals surface area contributed by atoms with Crippen LogP contribution >= 0.6 is 27.5 Å². The van der Waals surface area contributed by atoms with Crippen molar-refractivity contribution in [2.45, 2.75) is 12.5 Å². The van der Waals surface area contributed by atoms with Gasteiger partial charge in [0.2, 0.25) is 0 Å². The molecular formula is C16H13BrClNO. The third-order valence-corrected chi connectivity index (χ3v) is 4.08. The second-order valence-corrected chi connectivity index (χ2v) is 6.07. The third-order valence-electron chi connectivity index (χ3n) is 3.25. The van der Waals surface area contributed by atoms with Gasteiger partial charge in [0, 0.05) is 9.86 Å². The lowest BCUT2D eigenvalue weighted by atomic mass is 10.0. The predicted octanol–water partition coefficient (Wildman–Crippen LogP) is 5.09. The molecule has 0 saturated heterocycles. The zero-order chi connectivity index (χ0) is 14.1. The van der Waals surface area contributed by atoms with E-state index in [9.17, 15) is 0 Å². The molecule has 0 bridgehead atoms. The first-order valence-corrected chi connectivity index (χ1v) is 7.48. The summed E-state index contributed by atoms with van der Waals surface area (Å²) < 4.78 is 6.85. The van der Waals surface area contributed by atoms with E-state index in [1.54, 1.807) is 0 Å². The summed E-state index contributed by atoms with van der Waals surface area (Å²) >= 11 is 9.54. The van der Waals surface area contributed by atoms with Crippen LogP contribution in [0.15, 0.2) is 57.4 Å². The van der Waals surface area contributed by atoms with Crippen molar-refractivity contribution in [2.75, 3.05) is 0 Å². The molecule has 2 aromatic carbocycles. The Kier molecular flexibility index (Phi) is 3.83. The number of nitrogens with two attached hydrogens (primary N) is 1. The molecule has 2 N–H and O–H groups in total. The average molecular weight is 351 g/mol. The van der Waals surface area contributed by atoms with Gasteiger partial charge in [-0.3, -0.25) is 0 Å². The van der Waals surface area contributed by atoms with Crippen molar-refractivity contribution < 1.29 is 4.42 Å². The maximum absolute atomic E-state index is 6.23. The van der Waals surface area contributed by atoms with Crippen LogP contribution in [0.1, 0.15) is 17.4 Å². The van der Waals surface area contributed by atoms with Crippen molar-refractivity contribution in [3.63, 3.8) is 0 Å². The molecule has 1 aromatic heterocycles. The van der Waals surface area contributed by atoms with Gasteiger partial charge in [0.25, 0.3) is 0 Å². The van der Waals surface area contributed by atoms with Crippen LogP contribution in [0.4, 0.5) is 0 Å². The van der Waals surface area contributed by atoms with E-state index < -0.39 is 0 Å². The zero-order valence-electron chi connectivity index (χ0n) is 10.6. The molecule has 102 valence electrons. The fourth-order valence-corrected chi connectivity index (χ4v) is 2.69. The van der Waals surface area contributed by atoms with Crippen molar-refractivity contribution >= 4 is 38.5 Å². The van der Waals surface area contributed by atoms with E-state index in [0.29, 0.717) is 10.6 Å². The molecule has 1 atom stereocenters. The van der Waals surface area contributed by atoms with E-state index in [2.05, 4.69) is 28.1 Å². The number of rotatable bonds is 3. The number of halogens is 2. The Morgan fingerprint density at radius 1 is 1.15 bits per heavy atom. The third kappa shape index (κ3) is 2.75. The number of hydrogen-bond acceptors (Lipinski definition) is 2. The van der Waals surface area contributed by atoms with Gasteiger partial charge < -0.3 is 10.2 Å². The fraction of sp³-hybridized carbons (Fsp3) is 0.125. The zero-order valence-corrected chi connectivity index (χ0v) is 13.0. The molecule has 2 nitrogen and oxygen atoms in total. The van der Waals surface area contributed by atoms with Gasteiger partial charge in [-0.2, -0.15) is 0 Å². The lowest BCUT2D eigenvalue weighted by Crippen LogP contribution is -2.12. The van der Waals surface area contributed by atoms with Crippen LogP contribution in [0.25, 0.3) is 11.0 Å². The molecule has 0 radical (unpaired) electrons. The molecule has 1 heterocycles. The van der Waals surface area contributed by atoms with Gasteiger partial charge in [0.15, 0.2) is 5.58 Å². The first kappa shape index (κ1) is 13.7. The highest BCUT2D eigenvalue weighted by Gasteiger charge is 2.14. The Bertz CT molecular complexity index is 736. The monoisotopic (exact) mass is 349 g/mol. The van der Waals surface area contributed by atoms with Crippen LogP contribution < -0.4 is 5.73 Å². The van der Waals surface area contributed by atoms with Crippen LogP contribution in [-0.4, -0.2) is 0 Å². The summed E-state index contributed by atoms with van der Waals surface area (Å²) in [6.07, 6.45) is 0.727. The summed E-state index contributed by atoms with van der Waals surface area (Å²) in [6, 6.07) is 15.6. The number of para-hydroxylation sites is 1. The average Bonchev–Trinajstić information content (AvgIpc) is 2.87. The highest BCUT2D eigenvalue weighted by atomic mass is 79.9. The number of benzene rings is 2. The minimum atomic E-state index is -0.181. The summed E-state index contributed by atoms with van der Waals surface area (Å²) in [5, 5.41) is 1.60. The fourth-order valence-electron chi connectivity index (χ4n) is 2.21. The maximum atomic E-state index is 6.23. The molecule has 0 aliphatic rings. The van der Waals surface area contributed by atoms with Gasteiger partial charge in [-0.05, 0) is 36.2 Å². The predicted molar refractivity (Wildman–Crippen MR) is 86.0 cm³/mol. The van der Waals surface area contributed by atoms with Crippen molar-refractivity contribution in [1.82, 2.24) is 0 Å². The standard InChI is InChI=1S/C16H13BrClNO/c17-12-6-4-10(5-7-12)8-14(19)15-9-11-2-1-3-13(18)16(11)20-15/h1-7,9,14H,8,19H2. The minimum Gasteiger partial charge on any atom is -0.458 e. The summed E-state index contributed by atoms with van der Waals surface area (Å²) in [5.41, 5.74) is 8.11. The second kappa shape index (κ2) is 5.60. The topological polar surface area (TPSA) is 39.2 Å². The first-order chi connectivity index (χ1) is 9.63. The molecule has 0 saturated carbocycles. The highest BCUT2D eigenvalue weighted by molar-refractivity contribution is 9.10. The van der Waals surface area contributed by atoms with Gasteiger partial charge in [-0.1, -0.05) is 51.8 Å².